The highest BCUT2D eigenvalue weighted by Gasteiger charge is 2.60. The first kappa shape index (κ1) is 17.4. The molecule has 3 heteroatoms. The maximum atomic E-state index is 12.3. The summed E-state index contributed by atoms with van der Waals surface area (Å²) in [5.41, 5.74) is 2.18. The zero-order valence-electron chi connectivity index (χ0n) is 16.7. The summed E-state index contributed by atoms with van der Waals surface area (Å²) in [7, 11) is 0. The van der Waals surface area contributed by atoms with Gasteiger partial charge in [0.1, 0.15) is 5.78 Å². The first-order valence-corrected chi connectivity index (χ1v) is 10.9. The lowest BCUT2D eigenvalue weighted by molar-refractivity contribution is -0.185. The zero-order valence-corrected chi connectivity index (χ0v) is 16.7. The summed E-state index contributed by atoms with van der Waals surface area (Å²) in [5.74, 6) is 2.72. The molecule has 1 spiro atoms. The number of ketones is 1. The summed E-state index contributed by atoms with van der Waals surface area (Å²) in [6.45, 7) is 8.29. The van der Waals surface area contributed by atoms with Gasteiger partial charge in [-0.15, -0.1) is 0 Å². The maximum absolute atomic E-state index is 12.3. The Morgan fingerprint density at radius 1 is 1.04 bits per heavy atom. The van der Waals surface area contributed by atoms with Crippen molar-refractivity contribution >= 4 is 5.78 Å². The minimum absolute atomic E-state index is 0.252. The third-order valence-electron chi connectivity index (χ3n) is 9.41. The average molecular weight is 359 g/mol. The fourth-order valence-electron chi connectivity index (χ4n) is 8.02. The fraction of sp³-hybridized carbons (Fsp3) is 0.870. The number of rotatable bonds is 1. The molecule has 5 aliphatic rings. The van der Waals surface area contributed by atoms with Crippen molar-refractivity contribution in [2.45, 2.75) is 77.9 Å². The molecule has 3 saturated carbocycles. The van der Waals surface area contributed by atoms with Gasteiger partial charge < -0.3 is 9.47 Å². The van der Waals surface area contributed by atoms with Crippen LogP contribution in [0.4, 0.5) is 0 Å². The normalized spacial score (nSPS) is 49.3. The summed E-state index contributed by atoms with van der Waals surface area (Å²) < 4.78 is 12.1. The second kappa shape index (κ2) is 5.67. The van der Waals surface area contributed by atoms with Gasteiger partial charge >= 0.3 is 0 Å². The van der Waals surface area contributed by atoms with E-state index in [0.29, 0.717) is 17.1 Å². The molecule has 4 fully saturated rings. The van der Waals surface area contributed by atoms with Crippen molar-refractivity contribution in [2.24, 2.45) is 34.5 Å². The van der Waals surface area contributed by atoms with Gasteiger partial charge in [0.05, 0.1) is 13.2 Å². The first-order valence-electron chi connectivity index (χ1n) is 10.9. The van der Waals surface area contributed by atoms with E-state index in [4.69, 9.17) is 9.47 Å². The average Bonchev–Trinajstić information content (AvgIpc) is 3.20. The second-order valence-electron chi connectivity index (χ2n) is 10.3. The van der Waals surface area contributed by atoms with Gasteiger partial charge in [-0.3, -0.25) is 4.79 Å². The Bertz CT molecular complexity index is 646. The van der Waals surface area contributed by atoms with Crippen LogP contribution < -0.4 is 0 Å². The third kappa shape index (κ3) is 2.22. The lowest BCUT2D eigenvalue weighted by atomic mass is 9.47. The molecule has 4 aliphatic carbocycles. The Morgan fingerprint density at radius 3 is 2.54 bits per heavy atom. The predicted molar refractivity (Wildman–Crippen MR) is 101 cm³/mol. The van der Waals surface area contributed by atoms with Gasteiger partial charge in [0, 0.05) is 18.8 Å². The Hall–Kier alpha value is -0.670. The largest absolute Gasteiger partial charge is 0.347 e. The molecule has 1 heterocycles. The van der Waals surface area contributed by atoms with Gasteiger partial charge in [-0.25, -0.2) is 0 Å². The summed E-state index contributed by atoms with van der Waals surface area (Å²) in [6, 6.07) is 0. The molecule has 1 saturated heterocycles. The molecule has 26 heavy (non-hydrogen) atoms. The number of hydrogen-bond donors (Lipinski definition) is 0. The Morgan fingerprint density at radius 2 is 1.81 bits per heavy atom. The van der Waals surface area contributed by atoms with Gasteiger partial charge in [-0.05, 0) is 74.0 Å². The lowest BCUT2D eigenvalue weighted by Crippen LogP contribution is -2.52. The highest BCUT2D eigenvalue weighted by molar-refractivity contribution is 5.79. The third-order valence-corrected chi connectivity index (χ3v) is 9.41. The van der Waals surface area contributed by atoms with Gasteiger partial charge in [0.25, 0.3) is 0 Å². The van der Waals surface area contributed by atoms with Crippen LogP contribution in [0.1, 0.15) is 72.1 Å². The van der Waals surface area contributed by atoms with E-state index in [9.17, 15) is 4.79 Å². The summed E-state index contributed by atoms with van der Waals surface area (Å²) in [5, 5.41) is 0. The number of carbonyl (C=O) groups excluding carboxylic acids is 1. The molecule has 0 aromatic rings. The van der Waals surface area contributed by atoms with E-state index in [2.05, 4.69) is 19.9 Å². The topological polar surface area (TPSA) is 35.5 Å². The van der Waals surface area contributed by atoms with Crippen LogP contribution in [0.25, 0.3) is 0 Å². The number of ether oxygens (including phenoxy) is 2. The first-order chi connectivity index (χ1) is 12.4. The highest BCUT2D eigenvalue weighted by Crippen LogP contribution is 2.67. The maximum Gasteiger partial charge on any atom is 0.172 e. The molecular weight excluding hydrogens is 324 g/mol. The Kier molecular flexibility index (Phi) is 3.80. The Labute approximate surface area is 157 Å². The fourth-order valence-corrected chi connectivity index (χ4v) is 8.02. The van der Waals surface area contributed by atoms with Crippen molar-refractivity contribution in [3.8, 4) is 0 Å². The Balaban J connectivity index is 1.44. The molecule has 6 unspecified atom stereocenters. The van der Waals surface area contributed by atoms with E-state index in [-0.39, 0.29) is 11.2 Å². The van der Waals surface area contributed by atoms with E-state index < -0.39 is 0 Å². The second-order valence-corrected chi connectivity index (χ2v) is 10.3. The van der Waals surface area contributed by atoms with Crippen molar-refractivity contribution in [2.75, 3.05) is 13.2 Å². The van der Waals surface area contributed by atoms with Crippen molar-refractivity contribution in [1.29, 1.82) is 0 Å². The molecule has 0 bridgehead atoms. The van der Waals surface area contributed by atoms with Crippen molar-refractivity contribution in [3.05, 3.63) is 11.6 Å². The zero-order chi connectivity index (χ0) is 18.2. The van der Waals surface area contributed by atoms with Crippen LogP contribution in [0.2, 0.25) is 0 Å². The number of fused-ring (bicyclic) bond motifs is 5. The van der Waals surface area contributed by atoms with E-state index in [1.807, 2.05) is 6.92 Å². The van der Waals surface area contributed by atoms with Crippen molar-refractivity contribution in [1.82, 2.24) is 0 Å². The molecular formula is C23H34O3. The standard InChI is InChI=1S/C23H34O3/c1-15(24)18-6-7-19-17-5-4-16-14-23(25-12-13-26-23)11-10-21(16,2)20(17)8-9-22(18,19)3/h4,17-20H,5-14H2,1-3H3. The van der Waals surface area contributed by atoms with Crippen LogP contribution in [0.3, 0.4) is 0 Å². The van der Waals surface area contributed by atoms with Crippen molar-refractivity contribution < 1.29 is 14.3 Å². The van der Waals surface area contributed by atoms with Crippen LogP contribution in [0.5, 0.6) is 0 Å². The van der Waals surface area contributed by atoms with E-state index in [1.165, 1.54) is 32.1 Å². The smallest absolute Gasteiger partial charge is 0.172 e. The van der Waals surface area contributed by atoms with E-state index in [1.54, 1.807) is 5.57 Å². The van der Waals surface area contributed by atoms with Crippen LogP contribution in [0.15, 0.2) is 11.6 Å². The SMILES string of the molecule is CC(=O)C1CCC2C3CC=C4CC5(CCC4(C)C3CCC12C)OCCO5. The van der Waals surface area contributed by atoms with Gasteiger partial charge in [0.2, 0.25) is 0 Å². The van der Waals surface area contributed by atoms with Crippen LogP contribution in [-0.4, -0.2) is 24.8 Å². The molecule has 0 aromatic heterocycles. The number of hydrogen-bond acceptors (Lipinski definition) is 3. The molecule has 0 radical (unpaired) electrons. The molecule has 5 rings (SSSR count). The number of allylic oxidation sites excluding steroid dienone is 1. The van der Waals surface area contributed by atoms with Gasteiger partial charge in [0.15, 0.2) is 5.79 Å². The van der Waals surface area contributed by atoms with Gasteiger partial charge in [-0.1, -0.05) is 25.5 Å². The molecule has 0 amide bonds. The molecule has 1 aliphatic heterocycles. The monoisotopic (exact) mass is 358 g/mol. The van der Waals surface area contributed by atoms with E-state index >= 15 is 0 Å². The minimum atomic E-state index is -0.311. The number of carbonyl (C=O) groups is 1. The van der Waals surface area contributed by atoms with E-state index in [0.717, 1.165) is 50.2 Å². The summed E-state index contributed by atoms with van der Waals surface area (Å²) in [6.07, 6.45) is 11.9. The predicted octanol–water partition coefficient (Wildman–Crippen LogP) is 4.90. The molecule has 0 aromatic carbocycles. The summed E-state index contributed by atoms with van der Waals surface area (Å²) in [4.78, 5) is 12.3. The lowest BCUT2D eigenvalue weighted by Gasteiger charge is -2.58. The molecule has 144 valence electrons. The molecule has 3 nitrogen and oxygen atoms in total. The van der Waals surface area contributed by atoms with Crippen LogP contribution in [0, 0.1) is 34.5 Å². The molecule has 6 atom stereocenters. The number of Topliss-reactive ketones (excluding diaryl/α,β-unsaturated/α-hetero) is 1. The van der Waals surface area contributed by atoms with Gasteiger partial charge in [-0.2, -0.15) is 0 Å². The minimum Gasteiger partial charge on any atom is -0.347 e. The van der Waals surface area contributed by atoms with Crippen LogP contribution in [-0.2, 0) is 14.3 Å². The summed E-state index contributed by atoms with van der Waals surface area (Å²) >= 11 is 0. The van der Waals surface area contributed by atoms with Crippen molar-refractivity contribution in [3.63, 3.8) is 0 Å². The highest BCUT2D eigenvalue weighted by atomic mass is 16.7. The molecule has 0 N–H and O–H groups in total. The quantitative estimate of drug-likeness (QED) is 0.626. The van der Waals surface area contributed by atoms with Crippen LogP contribution >= 0.6 is 0 Å².